The standard InChI is InChI=1S/C13H27N3O2.ClH/c1-4-5-13(2,14)12(17)15(3)6-7-16-8-10-18-11-9-16;/h4-11,14H2,1-3H3;1H. The van der Waals surface area contributed by atoms with E-state index in [4.69, 9.17) is 10.5 Å². The van der Waals surface area contributed by atoms with Crippen molar-refractivity contribution >= 4 is 18.3 Å². The summed E-state index contributed by atoms with van der Waals surface area (Å²) < 4.78 is 5.30. The molecule has 1 heterocycles. The lowest BCUT2D eigenvalue weighted by atomic mass is 9.96. The number of hydrogen-bond acceptors (Lipinski definition) is 4. The Morgan fingerprint density at radius 2 is 2.00 bits per heavy atom. The van der Waals surface area contributed by atoms with E-state index in [-0.39, 0.29) is 18.3 Å². The van der Waals surface area contributed by atoms with Gasteiger partial charge in [0.2, 0.25) is 5.91 Å². The summed E-state index contributed by atoms with van der Waals surface area (Å²) in [6.45, 7) is 9.00. The largest absolute Gasteiger partial charge is 0.379 e. The van der Waals surface area contributed by atoms with Gasteiger partial charge in [-0.1, -0.05) is 13.3 Å². The van der Waals surface area contributed by atoms with Crippen LogP contribution in [0.1, 0.15) is 26.7 Å². The van der Waals surface area contributed by atoms with Crippen LogP contribution in [-0.2, 0) is 9.53 Å². The van der Waals surface area contributed by atoms with Crippen LogP contribution in [0.15, 0.2) is 0 Å². The summed E-state index contributed by atoms with van der Waals surface area (Å²) in [5.41, 5.74) is 5.33. The van der Waals surface area contributed by atoms with E-state index in [1.807, 2.05) is 20.9 Å². The SMILES string of the molecule is CCCC(C)(N)C(=O)N(C)CCN1CCOCC1.Cl. The molecule has 114 valence electrons. The monoisotopic (exact) mass is 293 g/mol. The molecule has 0 aromatic heterocycles. The highest BCUT2D eigenvalue weighted by molar-refractivity contribution is 5.85. The first-order valence-electron chi connectivity index (χ1n) is 6.82. The zero-order valence-electron chi connectivity index (χ0n) is 12.4. The highest BCUT2D eigenvalue weighted by Gasteiger charge is 2.30. The maximum absolute atomic E-state index is 12.2. The number of nitrogens with two attached hydrogens (primary N) is 1. The Kier molecular flexibility index (Phi) is 8.57. The number of nitrogens with zero attached hydrogens (tertiary/aromatic N) is 2. The second-order valence-electron chi connectivity index (χ2n) is 5.35. The molecule has 1 fully saturated rings. The van der Waals surface area contributed by atoms with Crippen LogP contribution in [-0.4, -0.2) is 67.7 Å². The smallest absolute Gasteiger partial charge is 0.242 e. The molecule has 1 aliphatic rings. The molecule has 1 saturated heterocycles. The van der Waals surface area contributed by atoms with Gasteiger partial charge in [0.1, 0.15) is 0 Å². The van der Waals surface area contributed by atoms with Crippen LogP contribution in [0.2, 0.25) is 0 Å². The van der Waals surface area contributed by atoms with E-state index >= 15 is 0 Å². The van der Waals surface area contributed by atoms with Gasteiger partial charge in [-0.05, 0) is 13.3 Å². The van der Waals surface area contributed by atoms with Crippen molar-refractivity contribution in [1.82, 2.24) is 9.80 Å². The maximum atomic E-state index is 12.2. The zero-order chi connectivity index (χ0) is 13.6. The van der Waals surface area contributed by atoms with E-state index in [1.54, 1.807) is 4.90 Å². The molecule has 0 bridgehead atoms. The highest BCUT2D eigenvalue weighted by Crippen LogP contribution is 2.11. The van der Waals surface area contributed by atoms with Gasteiger partial charge in [0, 0.05) is 33.2 Å². The number of likely N-dealkylation sites (N-methyl/N-ethyl adjacent to an activating group) is 1. The first-order valence-corrected chi connectivity index (χ1v) is 6.82. The fraction of sp³-hybridized carbons (Fsp3) is 0.923. The average molecular weight is 294 g/mol. The normalized spacial score (nSPS) is 19.4. The lowest BCUT2D eigenvalue weighted by Gasteiger charge is -2.32. The predicted molar refractivity (Wildman–Crippen MR) is 79.6 cm³/mol. The molecule has 1 atom stereocenters. The summed E-state index contributed by atoms with van der Waals surface area (Å²) in [6, 6.07) is 0. The Morgan fingerprint density at radius 1 is 1.42 bits per heavy atom. The number of hydrogen-bond donors (Lipinski definition) is 1. The molecule has 1 aliphatic heterocycles. The molecule has 1 amide bonds. The van der Waals surface area contributed by atoms with Crippen LogP contribution in [0.5, 0.6) is 0 Å². The van der Waals surface area contributed by atoms with Crippen LogP contribution in [0.4, 0.5) is 0 Å². The highest BCUT2D eigenvalue weighted by atomic mass is 35.5. The molecule has 1 rings (SSSR count). The van der Waals surface area contributed by atoms with Crippen LogP contribution in [0.25, 0.3) is 0 Å². The van der Waals surface area contributed by atoms with E-state index in [0.29, 0.717) is 0 Å². The van der Waals surface area contributed by atoms with Gasteiger partial charge in [0.15, 0.2) is 0 Å². The second-order valence-corrected chi connectivity index (χ2v) is 5.35. The fourth-order valence-electron chi connectivity index (χ4n) is 2.28. The van der Waals surface area contributed by atoms with Gasteiger partial charge < -0.3 is 15.4 Å². The fourth-order valence-corrected chi connectivity index (χ4v) is 2.28. The Morgan fingerprint density at radius 3 is 2.53 bits per heavy atom. The van der Waals surface area contributed by atoms with Gasteiger partial charge in [0.05, 0.1) is 18.8 Å². The Hall–Kier alpha value is -0.360. The van der Waals surface area contributed by atoms with E-state index in [9.17, 15) is 4.79 Å². The summed E-state index contributed by atoms with van der Waals surface area (Å²) in [5.74, 6) is 0.0395. The Bertz CT molecular complexity index is 269. The lowest BCUT2D eigenvalue weighted by molar-refractivity contribution is -0.135. The number of ether oxygens (including phenoxy) is 1. The van der Waals surface area contributed by atoms with E-state index in [1.165, 1.54) is 0 Å². The molecule has 6 heteroatoms. The minimum atomic E-state index is -0.728. The third kappa shape index (κ3) is 6.08. The maximum Gasteiger partial charge on any atom is 0.242 e. The van der Waals surface area contributed by atoms with Gasteiger partial charge in [0.25, 0.3) is 0 Å². The number of carbonyl (C=O) groups is 1. The first-order chi connectivity index (χ1) is 8.47. The second kappa shape index (κ2) is 8.74. The molecular weight excluding hydrogens is 266 g/mol. The van der Waals surface area contributed by atoms with E-state index in [2.05, 4.69) is 4.90 Å². The van der Waals surface area contributed by atoms with Crippen molar-refractivity contribution in [3.05, 3.63) is 0 Å². The van der Waals surface area contributed by atoms with Crippen molar-refractivity contribution in [2.75, 3.05) is 46.4 Å². The molecule has 0 aromatic rings. The lowest BCUT2D eigenvalue weighted by Crippen LogP contribution is -2.53. The molecule has 0 aliphatic carbocycles. The van der Waals surface area contributed by atoms with Gasteiger partial charge in [-0.15, -0.1) is 12.4 Å². The number of rotatable bonds is 6. The summed E-state index contributed by atoms with van der Waals surface area (Å²) in [7, 11) is 1.84. The Balaban J connectivity index is 0.00000324. The van der Waals surface area contributed by atoms with Crippen molar-refractivity contribution in [3.63, 3.8) is 0 Å². The number of morpholine rings is 1. The molecular formula is C13H28ClN3O2. The van der Waals surface area contributed by atoms with Gasteiger partial charge >= 0.3 is 0 Å². The molecule has 0 aromatic carbocycles. The van der Waals surface area contributed by atoms with E-state index < -0.39 is 5.54 Å². The van der Waals surface area contributed by atoms with Gasteiger partial charge in [-0.3, -0.25) is 9.69 Å². The van der Waals surface area contributed by atoms with Gasteiger partial charge in [-0.25, -0.2) is 0 Å². The molecule has 1 unspecified atom stereocenters. The Labute approximate surface area is 122 Å². The number of carbonyl (C=O) groups excluding carboxylic acids is 1. The summed E-state index contributed by atoms with van der Waals surface area (Å²) in [4.78, 5) is 16.3. The van der Waals surface area contributed by atoms with Crippen molar-refractivity contribution in [2.24, 2.45) is 5.73 Å². The molecule has 5 nitrogen and oxygen atoms in total. The van der Waals surface area contributed by atoms with Crippen molar-refractivity contribution in [2.45, 2.75) is 32.2 Å². The minimum Gasteiger partial charge on any atom is -0.379 e. The third-order valence-electron chi connectivity index (χ3n) is 3.46. The average Bonchev–Trinajstić information content (AvgIpc) is 2.36. The van der Waals surface area contributed by atoms with Crippen molar-refractivity contribution < 1.29 is 9.53 Å². The molecule has 0 radical (unpaired) electrons. The minimum absolute atomic E-state index is 0. The van der Waals surface area contributed by atoms with Gasteiger partial charge in [-0.2, -0.15) is 0 Å². The third-order valence-corrected chi connectivity index (χ3v) is 3.46. The summed E-state index contributed by atoms with van der Waals surface area (Å²) in [6.07, 6.45) is 1.66. The predicted octanol–water partition coefficient (Wildman–Crippen LogP) is 0.716. The molecule has 0 spiro atoms. The van der Waals surface area contributed by atoms with Crippen molar-refractivity contribution in [3.8, 4) is 0 Å². The van der Waals surface area contributed by atoms with Crippen LogP contribution in [0, 0.1) is 0 Å². The van der Waals surface area contributed by atoms with Crippen molar-refractivity contribution in [1.29, 1.82) is 0 Å². The van der Waals surface area contributed by atoms with Crippen LogP contribution in [0.3, 0.4) is 0 Å². The van der Waals surface area contributed by atoms with Crippen LogP contribution >= 0.6 is 12.4 Å². The zero-order valence-corrected chi connectivity index (χ0v) is 13.2. The van der Waals surface area contributed by atoms with Crippen LogP contribution < -0.4 is 5.73 Å². The first kappa shape index (κ1) is 18.6. The summed E-state index contributed by atoms with van der Waals surface area (Å²) >= 11 is 0. The summed E-state index contributed by atoms with van der Waals surface area (Å²) in [5, 5.41) is 0. The molecule has 0 saturated carbocycles. The molecule has 2 N–H and O–H groups in total. The molecule has 19 heavy (non-hydrogen) atoms. The quantitative estimate of drug-likeness (QED) is 0.784. The topological polar surface area (TPSA) is 58.8 Å². The number of amides is 1. The van der Waals surface area contributed by atoms with E-state index in [0.717, 1.165) is 52.2 Å². The number of halogens is 1.